The number of halogens is 1. The monoisotopic (exact) mass is 348 g/mol. The lowest BCUT2D eigenvalue weighted by Crippen LogP contribution is -2.39. The van der Waals surface area contributed by atoms with E-state index in [4.69, 9.17) is 11.6 Å². The van der Waals surface area contributed by atoms with Crippen molar-refractivity contribution in [2.24, 2.45) is 0 Å². The minimum atomic E-state index is -0.246. The van der Waals surface area contributed by atoms with Gasteiger partial charge in [-0.25, -0.2) is 0 Å². The van der Waals surface area contributed by atoms with E-state index < -0.39 is 0 Å². The maximum Gasteiger partial charge on any atom is 0.241 e. The summed E-state index contributed by atoms with van der Waals surface area (Å²) in [6.07, 6.45) is 2.00. The maximum absolute atomic E-state index is 12.5. The lowest BCUT2D eigenvalue weighted by atomic mass is 10.2. The van der Waals surface area contributed by atoms with Crippen molar-refractivity contribution in [2.75, 3.05) is 18.6 Å². The number of nitrogens with one attached hydrogen (secondary N) is 1. The lowest BCUT2D eigenvalue weighted by Gasteiger charge is -2.24. The predicted octanol–water partition coefficient (Wildman–Crippen LogP) is 4.52. The first-order valence-corrected chi connectivity index (χ1v) is 9.00. The smallest absolute Gasteiger partial charge is 0.241 e. The number of amides is 1. The number of hydrogen-bond donors (Lipinski definition) is 1. The second kappa shape index (κ2) is 8.39. The van der Waals surface area contributed by atoms with Crippen LogP contribution in [0.4, 0.5) is 5.69 Å². The highest BCUT2D eigenvalue weighted by molar-refractivity contribution is 7.98. The van der Waals surface area contributed by atoms with Gasteiger partial charge >= 0.3 is 0 Å². The predicted molar refractivity (Wildman–Crippen MR) is 99.2 cm³/mol. The average Bonchev–Trinajstić information content (AvgIpc) is 2.54. The van der Waals surface area contributed by atoms with E-state index >= 15 is 0 Å². The van der Waals surface area contributed by atoms with Crippen molar-refractivity contribution in [3.05, 3.63) is 59.1 Å². The van der Waals surface area contributed by atoms with Gasteiger partial charge in [-0.05, 0) is 50.1 Å². The normalized spacial score (nSPS) is 12.2. The second-order valence-electron chi connectivity index (χ2n) is 5.41. The van der Waals surface area contributed by atoms with E-state index in [0.717, 1.165) is 16.1 Å². The molecule has 0 aliphatic carbocycles. The molecule has 1 atom stereocenters. The average molecular weight is 349 g/mol. The molecule has 2 rings (SSSR count). The number of anilines is 1. The van der Waals surface area contributed by atoms with Crippen LogP contribution in [0.3, 0.4) is 0 Å². The van der Waals surface area contributed by atoms with Crippen LogP contribution >= 0.6 is 23.4 Å². The van der Waals surface area contributed by atoms with E-state index in [1.54, 1.807) is 11.8 Å². The number of carbonyl (C=O) groups is 1. The Morgan fingerprint density at radius 2 is 2.00 bits per heavy atom. The fourth-order valence-corrected chi connectivity index (χ4v) is 3.01. The SMILES string of the molecule is CSc1ccccc1NC(=O)C(C)N(C)Cc1cccc(Cl)c1. The van der Waals surface area contributed by atoms with Crippen molar-refractivity contribution in [1.82, 2.24) is 4.90 Å². The van der Waals surface area contributed by atoms with Gasteiger partial charge in [-0.15, -0.1) is 11.8 Å². The Kier molecular flexibility index (Phi) is 6.51. The van der Waals surface area contributed by atoms with Crippen molar-refractivity contribution in [1.29, 1.82) is 0 Å². The second-order valence-corrected chi connectivity index (χ2v) is 6.70. The van der Waals surface area contributed by atoms with Crippen LogP contribution in [0.5, 0.6) is 0 Å². The van der Waals surface area contributed by atoms with E-state index in [0.29, 0.717) is 11.6 Å². The fraction of sp³-hybridized carbons (Fsp3) is 0.278. The third-order valence-corrected chi connectivity index (χ3v) is 4.76. The van der Waals surface area contributed by atoms with Gasteiger partial charge in [0.2, 0.25) is 5.91 Å². The number of rotatable bonds is 6. The summed E-state index contributed by atoms with van der Waals surface area (Å²) in [7, 11) is 1.94. The summed E-state index contributed by atoms with van der Waals surface area (Å²) < 4.78 is 0. The molecule has 0 fully saturated rings. The molecule has 0 saturated heterocycles. The summed E-state index contributed by atoms with van der Waals surface area (Å²) >= 11 is 7.63. The number of hydrogen-bond acceptors (Lipinski definition) is 3. The molecular formula is C18H21ClN2OS. The van der Waals surface area contributed by atoms with Gasteiger partial charge in [0, 0.05) is 16.5 Å². The van der Waals surface area contributed by atoms with E-state index in [2.05, 4.69) is 5.32 Å². The van der Waals surface area contributed by atoms with Crippen molar-refractivity contribution in [2.45, 2.75) is 24.4 Å². The Morgan fingerprint density at radius 1 is 1.26 bits per heavy atom. The summed E-state index contributed by atoms with van der Waals surface area (Å²) in [6, 6.07) is 15.3. The molecule has 23 heavy (non-hydrogen) atoms. The molecule has 0 saturated carbocycles. The summed E-state index contributed by atoms with van der Waals surface area (Å²) in [4.78, 5) is 15.6. The molecule has 1 N–H and O–H groups in total. The molecule has 0 aliphatic heterocycles. The molecular weight excluding hydrogens is 328 g/mol. The topological polar surface area (TPSA) is 32.3 Å². The highest BCUT2D eigenvalue weighted by atomic mass is 35.5. The number of likely N-dealkylation sites (N-methyl/N-ethyl adjacent to an activating group) is 1. The standard InChI is InChI=1S/C18H21ClN2OS/c1-13(21(2)12-14-7-6-8-15(19)11-14)18(22)20-16-9-4-5-10-17(16)23-3/h4-11,13H,12H2,1-3H3,(H,20,22). The van der Waals surface area contributed by atoms with Crippen LogP contribution in [0.2, 0.25) is 5.02 Å². The summed E-state index contributed by atoms with van der Waals surface area (Å²) in [5.41, 5.74) is 1.94. The van der Waals surface area contributed by atoms with Crippen LogP contribution in [0.1, 0.15) is 12.5 Å². The molecule has 1 amide bonds. The Balaban J connectivity index is 2.01. The molecule has 0 heterocycles. The quantitative estimate of drug-likeness (QED) is 0.779. The van der Waals surface area contributed by atoms with Crippen molar-refractivity contribution >= 4 is 35.0 Å². The number of nitrogens with zero attached hydrogens (tertiary/aromatic N) is 1. The first kappa shape index (κ1) is 17.9. The van der Waals surface area contributed by atoms with E-state index in [-0.39, 0.29) is 11.9 Å². The molecule has 0 radical (unpaired) electrons. The molecule has 2 aromatic carbocycles. The highest BCUT2D eigenvalue weighted by Gasteiger charge is 2.19. The van der Waals surface area contributed by atoms with Crippen LogP contribution in [-0.2, 0) is 11.3 Å². The van der Waals surface area contributed by atoms with Crippen molar-refractivity contribution in [3.63, 3.8) is 0 Å². The lowest BCUT2D eigenvalue weighted by molar-refractivity contribution is -0.120. The van der Waals surface area contributed by atoms with Crippen molar-refractivity contribution in [3.8, 4) is 0 Å². The molecule has 3 nitrogen and oxygen atoms in total. The molecule has 0 spiro atoms. The van der Waals surface area contributed by atoms with Gasteiger partial charge in [0.05, 0.1) is 11.7 Å². The summed E-state index contributed by atoms with van der Waals surface area (Å²) in [5.74, 6) is -0.0176. The first-order valence-electron chi connectivity index (χ1n) is 7.40. The molecule has 0 bridgehead atoms. The summed E-state index contributed by atoms with van der Waals surface area (Å²) in [6.45, 7) is 2.57. The van der Waals surface area contributed by atoms with Gasteiger partial charge in [0.15, 0.2) is 0 Å². The van der Waals surface area contributed by atoms with Crippen LogP contribution in [0.25, 0.3) is 0 Å². The van der Waals surface area contributed by atoms with Crippen LogP contribution in [-0.4, -0.2) is 30.2 Å². The van der Waals surface area contributed by atoms with Gasteiger partial charge in [-0.2, -0.15) is 0 Å². The molecule has 122 valence electrons. The zero-order chi connectivity index (χ0) is 16.8. The Morgan fingerprint density at radius 3 is 2.70 bits per heavy atom. The van der Waals surface area contributed by atoms with Gasteiger partial charge in [-0.3, -0.25) is 9.69 Å². The molecule has 0 aromatic heterocycles. The van der Waals surface area contributed by atoms with E-state index in [9.17, 15) is 4.79 Å². The van der Waals surface area contributed by atoms with E-state index in [1.165, 1.54) is 0 Å². The number of carbonyl (C=O) groups excluding carboxylic acids is 1. The Labute approximate surface area is 147 Å². The minimum absolute atomic E-state index is 0.0176. The van der Waals surface area contributed by atoms with Crippen LogP contribution in [0, 0.1) is 0 Å². The first-order chi connectivity index (χ1) is 11.0. The minimum Gasteiger partial charge on any atom is -0.324 e. The third kappa shape index (κ3) is 4.99. The fourth-order valence-electron chi connectivity index (χ4n) is 2.25. The Bertz CT molecular complexity index is 678. The molecule has 0 aliphatic rings. The van der Waals surface area contributed by atoms with Gasteiger partial charge < -0.3 is 5.32 Å². The largest absolute Gasteiger partial charge is 0.324 e. The molecule has 2 aromatic rings. The van der Waals surface area contributed by atoms with Gasteiger partial charge in [0.25, 0.3) is 0 Å². The van der Waals surface area contributed by atoms with Gasteiger partial charge in [0.1, 0.15) is 0 Å². The molecule has 5 heteroatoms. The molecule has 1 unspecified atom stereocenters. The number of thioether (sulfide) groups is 1. The third-order valence-electron chi connectivity index (χ3n) is 3.73. The Hall–Kier alpha value is -1.49. The van der Waals surface area contributed by atoms with Crippen LogP contribution < -0.4 is 5.32 Å². The van der Waals surface area contributed by atoms with Crippen LogP contribution in [0.15, 0.2) is 53.4 Å². The van der Waals surface area contributed by atoms with E-state index in [1.807, 2.05) is 73.7 Å². The zero-order valence-corrected chi connectivity index (χ0v) is 15.1. The number of para-hydroxylation sites is 1. The van der Waals surface area contributed by atoms with Gasteiger partial charge in [-0.1, -0.05) is 35.9 Å². The number of benzene rings is 2. The highest BCUT2D eigenvalue weighted by Crippen LogP contribution is 2.25. The zero-order valence-electron chi connectivity index (χ0n) is 13.5. The maximum atomic E-state index is 12.5. The van der Waals surface area contributed by atoms with Crippen molar-refractivity contribution < 1.29 is 4.79 Å². The summed E-state index contributed by atoms with van der Waals surface area (Å²) in [5, 5.41) is 3.72.